The van der Waals surface area contributed by atoms with E-state index in [9.17, 15) is 5.11 Å². The van der Waals surface area contributed by atoms with Crippen LogP contribution in [0.3, 0.4) is 0 Å². The number of anilines is 1. The molecule has 1 saturated heterocycles. The smallest absolute Gasteiger partial charge is 0.134 e. The predicted molar refractivity (Wildman–Crippen MR) is 86.5 cm³/mol. The molecule has 0 radical (unpaired) electrons. The van der Waals surface area contributed by atoms with Crippen molar-refractivity contribution in [1.82, 2.24) is 9.88 Å². The largest absolute Gasteiger partial charge is 0.392 e. The second-order valence-corrected chi connectivity index (χ2v) is 6.24. The topological polar surface area (TPSA) is 39.6 Å². The first-order valence-corrected chi connectivity index (χ1v) is 7.51. The van der Waals surface area contributed by atoms with Gasteiger partial charge in [0.05, 0.1) is 12.1 Å². The van der Waals surface area contributed by atoms with Crippen LogP contribution in [0.5, 0.6) is 0 Å². The average molecular weight is 285 g/mol. The van der Waals surface area contributed by atoms with Crippen LogP contribution in [0.4, 0.5) is 5.82 Å². The van der Waals surface area contributed by atoms with E-state index in [1.807, 2.05) is 24.3 Å². The van der Waals surface area contributed by atoms with Gasteiger partial charge in [-0.3, -0.25) is 0 Å². The Hall–Kier alpha value is -1.65. The lowest BCUT2D eigenvalue weighted by Crippen LogP contribution is -2.34. The van der Waals surface area contributed by atoms with Crippen molar-refractivity contribution in [2.75, 3.05) is 32.1 Å². The zero-order valence-corrected chi connectivity index (χ0v) is 13.0. The van der Waals surface area contributed by atoms with Crippen LogP contribution in [-0.2, 0) is 6.61 Å². The lowest BCUT2D eigenvalue weighted by molar-refractivity contribution is 0.266. The molecular formula is C17H23N3O. The van der Waals surface area contributed by atoms with Crippen molar-refractivity contribution in [2.45, 2.75) is 19.6 Å². The molecule has 2 heterocycles. The standard InChI is InChI=1S/C17H23N3O/c1-12-9-20(10-16(12)19(2)3)17-14(11-21)8-13-6-4-5-7-15(13)18-17/h4-8,12,16,21H,9-11H2,1-3H3. The Morgan fingerprint density at radius 2 is 2.05 bits per heavy atom. The zero-order chi connectivity index (χ0) is 15.0. The molecule has 1 N–H and O–H groups in total. The summed E-state index contributed by atoms with van der Waals surface area (Å²) in [4.78, 5) is 9.40. The molecular weight excluding hydrogens is 262 g/mol. The van der Waals surface area contributed by atoms with Gasteiger partial charge in [0.2, 0.25) is 0 Å². The van der Waals surface area contributed by atoms with Crippen LogP contribution in [0.2, 0.25) is 0 Å². The normalized spacial score (nSPS) is 22.4. The Balaban J connectivity index is 2.00. The summed E-state index contributed by atoms with van der Waals surface area (Å²) in [6.07, 6.45) is 0. The first kappa shape index (κ1) is 14.3. The number of aliphatic hydroxyl groups is 1. The Kier molecular flexibility index (Phi) is 3.83. The molecule has 4 heteroatoms. The molecule has 1 aliphatic rings. The predicted octanol–water partition coefficient (Wildman–Crippen LogP) is 2.11. The number of para-hydroxylation sites is 1. The van der Waals surface area contributed by atoms with Gasteiger partial charge >= 0.3 is 0 Å². The highest BCUT2D eigenvalue weighted by Gasteiger charge is 2.32. The maximum atomic E-state index is 9.70. The number of likely N-dealkylation sites (N-methyl/N-ethyl adjacent to an activating group) is 1. The van der Waals surface area contributed by atoms with E-state index in [4.69, 9.17) is 4.98 Å². The third-order valence-corrected chi connectivity index (χ3v) is 4.49. The van der Waals surface area contributed by atoms with E-state index in [1.54, 1.807) is 0 Å². The van der Waals surface area contributed by atoms with Crippen molar-refractivity contribution < 1.29 is 5.11 Å². The summed E-state index contributed by atoms with van der Waals surface area (Å²) in [5, 5.41) is 10.8. The summed E-state index contributed by atoms with van der Waals surface area (Å²) in [5.41, 5.74) is 1.91. The Labute approximate surface area is 126 Å². The highest BCUT2D eigenvalue weighted by molar-refractivity contribution is 5.81. The van der Waals surface area contributed by atoms with Gasteiger partial charge in [0.15, 0.2) is 0 Å². The molecule has 2 aromatic rings. The molecule has 3 rings (SSSR count). The van der Waals surface area contributed by atoms with Gasteiger partial charge in [-0.2, -0.15) is 0 Å². The fraction of sp³-hybridized carbons (Fsp3) is 0.471. The number of rotatable bonds is 3. The SMILES string of the molecule is CC1CN(c2nc3ccccc3cc2CO)CC1N(C)C. The molecule has 0 amide bonds. The summed E-state index contributed by atoms with van der Waals surface area (Å²) in [7, 11) is 4.26. The fourth-order valence-electron chi connectivity index (χ4n) is 3.33. The maximum absolute atomic E-state index is 9.70. The number of aliphatic hydroxyl groups excluding tert-OH is 1. The highest BCUT2D eigenvalue weighted by atomic mass is 16.3. The zero-order valence-electron chi connectivity index (χ0n) is 13.0. The van der Waals surface area contributed by atoms with Crippen LogP contribution in [0, 0.1) is 5.92 Å². The van der Waals surface area contributed by atoms with E-state index in [1.165, 1.54) is 0 Å². The monoisotopic (exact) mass is 285 g/mol. The minimum absolute atomic E-state index is 0.0324. The van der Waals surface area contributed by atoms with E-state index in [2.05, 4.69) is 36.9 Å². The van der Waals surface area contributed by atoms with E-state index in [-0.39, 0.29) is 6.61 Å². The van der Waals surface area contributed by atoms with Crippen LogP contribution in [-0.4, -0.2) is 48.2 Å². The van der Waals surface area contributed by atoms with Crippen molar-refractivity contribution in [3.8, 4) is 0 Å². The second-order valence-electron chi connectivity index (χ2n) is 6.24. The summed E-state index contributed by atoms with van der Waals surface area (Å²) in [6.45, 7) is 4.27. The van der Waals surface area contributed by atoms with Gasteiger partial charge in [-0.05, 0) is 32.1 Å². The number of benzene rings is 1. The van der Waals surface area contributed by atoms with Crippen molar-refractivity contribution in [1.29, 1.82) is 0 Å². The molecule has 0 spiro atoms. The van der Waals surface area contributed by atoms with Crippen molar-refractivity contribution in [3.63, 3.8) is 0 Å². The van der Waals surface area contributed by atoms with Crippen LogP contribution in [0.25, 0.3) is 10.9 Å². The van der Waals surface area contributed by atoms with E-state index in [0.29, 0.717) is 12.0 Å². The van der Waals surface area contributed by atoms with Crippen molar-refractivity contribution in [2.24, 2.45) is 5.92 Å². The molecule has 21 heavy (non-hydrogen) atoms. The fourth-order valence-corrected chi connectivity index (χ4v) is 3.33. The van der Waals surface area contributed by atoms with Crippen molar-refractivity contribution >= 4 is 16.7 Å². The number of hydrogen-bond donors (Lipinski definition) is 1. The van der Waals surface area contributed by atoms with Crippen LogP contribution in [0.15, 0.2) is 30.3 Å². The molecule has 2 atom stereocenters. The summed E-state index contributed by atoms with van der Waals surface area (Å²) in [6, 6.07) is 10.7. The third kappa shape index (κ3) is 2.61. The molecule has 0 aliphatic carbocycles. The van der Waals surface area contributed by atoms with Crippen LogP contribution in [0.1, 0.15) is 12.5 Å². The molecule has 0 saturated carbocycles. The van der Waals surface area contributed by atoms with Gasteiger partial charge in [-0.1, -0.05) is 25.1 Å². The van der Waals surface area contributed by atoms with Crippen LogP contribution >= 0.6 is 0 Å². The highest BCUT2D eigenvalue weighted by Crippen LogP contribution is 2.29. The number of fused-ring (bicyclic) bond motifs is 1. The number of aromatic nitrogens is 1. The molecule has 112 valence electrons. The average Bonchev–Trinajstić information content (AvgIpc) is 2.88. The maximum Gasteiger partial charge on any atom is 0.134 e. The molecule has 2 unspecified atom stereocenters. The molecule has 0 bridgehead atoms. The van der Waals surface area contributed by atoms with E-state index >= 15 is 0 Å². The number of hydrogen-bond acceptors (Lipinski definition) is 4. The molecule has 1 aliphatic heterocycles. The molecule has 4 nitrogen and oxygen atoms in total. The lowest BCUT2D eigenvalue weighted by atomic mass is 10.1. The van der Waals surface area contributed by atoms with Crippen molar-refractivity contribution in [3.05, 3.63) is 35.9 Å². The first-order valence-electron chi connectivity index (χ1n) is 7.51. The molecule has 1 fully saturated rings. The second kappa shape index (κ2) is 5.62. The molecule has 1 aromatic heterocycles. The van der Waals surface area contributed by atoms with Gasteiger partial charge < -0.3 is 14.9 Å². The van der Waals surface area contributed by atoms with Gasteiger partial charge in [0, 0.05) is 30.1 Å². The summed E-state index contributed by atoms with van der Waals surface area (Å²) in [5.74, 6) is 1.53. The van der Waals surface area contributed by atoms with E-state index < -0.39 is 0 Å². The Morgan fingerprint density at radius 1 is 1.29 bits per heavy atom. The Bertz CT molecular complexity index is 641. The molecule has 1 aromatic carbocycles. The quantitative estimate of drug-likeness (QED) is 0.937. The first-order chi connectivity index (χ1) is 10.1. The van der Waals surface area contributed by atoms with Gasteiger partial charge in [-0.15, -0.1) is 0 Å². The van der Waals surface area contributed by atoms with Crippen LogP contribution < -0.4 is 4.90 Å². The summed E-state index contributed by atoms with van der Waals surface area (Å²) >= 11 is 0. The van der Waals surface area contributed by atoms with E-state index in [0.717, 1.165) is 35.4 Å². The minimum Gasteiger partial charge on any atom is -0.392 e. The minimum atomic E-state index is 0.0324. The Morgan fingerprint density at radius 3 is 2.71 bits per heavy atom. The third-order valence-electron chi connectivity index (χ3n) is 4.49. The van der Waals surface area contributed by atoms with Gasteiger partial charge in [-0.25, -0.2) is 4.98 Å². The lowest BCUT2D eigenvalue weighted by Gasteiger charge is -2.23. The van der Waals surface area contributed by atoms with Gasteiger partial charge in [0.1, 0.15) is 5.82 Å². The number of pyridine rings is 1. The number of nitrogens with zero attached hydrogens (tertiary/aromatic N) is 3. The van der Waals surface area contributed by atoms with Gasteiger partial charge in [0.25, 0.3) is 0 Å². The summed E-state index contributed by atoms with van der Waals surface area (Å²) < 4.78 is 0.